The molecule has 2 heterocycles. The fourth-order valence-electron chi connectivity index (χ4n) is 3.09. The summed E-state index contributed by atoms with van der Waals surface area (Å²) in [6.45, 7) is 2.00. The van der Waals surface area contributed by atoms with E-state index < -0.39 is 11.7 Å². The summed E-state index contributed by atoms with van der Waals surface area (Å²) < 4.78 is 14.5. The van der Waals surface area contributed by atoms with Crippen molar-refractivity contribution < 1.29 is 14.5 Å². The molecule has 126 valence electrons. The van der Waals surface area contributed by atoms with Crippen LogP contribution >= 0.6 is 15.9 Å². The highest BCUT2D eigenvalue weighted by Gasteiger charge is 2.15. The molecule has 6 heteroatoms. The summed E-state index contributed by atoms with van der Waals surface area (Å²) in [5.41, 5.74) is 3.85. The van der Waals surface area contributed by atoms with E-state index in [1.165, 1.54) is 17.7 Å². The number of hydrogen-bond donors (Lipinski definition) is 2. The molecule has 4 nitrogen and oxygen atoms in total. The predicted octanol–water partition coefficient (Wildman–Crippen LogP) is 3.01. The SMILES string of the molecule is O=C(Nc1ccc2cc3c(nc2c1)CC[NH2+]C3)c1ccc(Br)cc1F. The molecule has 1 amide bonds. The van der Waals surface area contributed by atoms with Crippen molar-refractivity contribution in [1.29, 1.82) is 0 Å². The fourth-order valence-corrected chi connectivity index (χ4v) is 3.42. The van der Waals surface area contributed by atoms with Gasteiger partial charge in [-0.15, -0.1) is 0 Å². The van der Waals surface area contributed by atoms with Crippen LogP contribution in [0.4, 0.5) is 10.1 Å². The van der Waals surface area contributed by atoms with Gasteiger partial charge in [0.1, 0.15) is 12.4 Å². The van der Waals surface area contributed by atoms with Gasteiger partial charge in [0.15, 0.2) is 0 Å². The van der Waals surface area contributed by atoms with E-state index in [1.807, 2.05) is 18.2 Å². The Labute approximate surface area is 152 Å². The van der Waals surface area contributed by atoms with Gasteiger partial charge in [-0.1, -0.05) is 22.0 Å². The average molecular weight is 401 g/mol. The van der Waals surface area contributed by atoms with Crippen LogP contribution in [0, 0.1) is 5.82 Å². The molecule has 0 atom stereocenters. The minimum absolute atomic E-state index is 0.0113. The third-order valence-corrected chi connectivity index (χ3v) is 4.86. The molecule has 0 fully saturated rings. The number of benzene rings is 2. The van der Waals surface area contributed by atoms with Crippen molar-refractivity contribution in [1.82, 2.24) is 4.98 Å². The smallest absolute Gasteiger partial charge is 0.258 e. The van der Waals surface area contributed by atoms with Crippen molar-refractivity contribution in [2.75, 3.05) is 11.9 Å². The highest BCUT2D eigenvalue weighted by atomic mass is 79.9. The lowest BCUT2D eigenvalue weighted by atomic mass is 10.0. The summed E-state index contributed by atoms with van der Waals surface area (Å²) >= 11 is 3.19. The molecule has 1 aliphatic heterocycles. The van der Waals surface area contributed by atoms with E-state index in [4.69, 9.17) is 4.98 Å². The van der Waals surface area contributed by atoms with E-state index in [2.05, 4.69) is 32.6 Å². The summed E-state index contributed by atoms with van der Waals surface area (Å²) in [5.74, 6) is -1.03. The molecule has 2 aromatic carbocycles. The standard InChI is InChI=1S/C19H15BrFN3O/c20-13-2-4-15(16(21)8-13)19(25)23-14-3-1-11-7-12-10-22-6-5-17(12)24-18(11)9-14/h1-4,7-9,22H,5-6,10H2,(H,23,25)/p+1. The van der Waals surface area contributed by atoms with Gasteiger partial charge in [-0.05, 0) is 36.4 Å². The number of nitrogens with one attached hydrogen (secondary N) is 1. The van der Waals surface area contributed by atoms with Crippen molar-refractivity contribution in [2.45, 2.75) is 13.0 Å². The van der Waals surface area contributed by atoms with Crippen LogP contribution in [0.3, 0.4) is 0 Å². The summed E-state index contributed by atoms with van der Waals surface area (Å²) in [4.78, 5) is 17.1. The number of fused-ring (bicyclic) bond motifs is 2. The highest BCUT2D eigenvalue weighted by molar-refractivity contribution is 9.10. The van der Waals surface area contributed by atoms with E-state index in [0.717, 1.165) is 36.1 Å². The number of quaternary nitrogens is 1. The van der Waals surface area contributed by atoms with Crippen molar-refractivity contribution in [3.05, 3.63) is 69.6 Å². The van der Waals surface area contributed by atoms with E-state index in [1.54, 1.807) is 6.07 Å². The number of carbonyl (C=O) groups is 1. The van der Waals surface area contributed by atoms with E-state index >= 15 is 0 Å². The summed E-state index contributed by atoms with van der Waals surface area (Å²) in [6.07, 6.45) is 0.950. The number of amides is 1. The maximum Gasteiger partial charge on any atom is 0.258 e. The molecular formula is C19H16BrFN3O+. The normalized spacial score (nSPS) is 13.5. The van der Waals surface area contributed by atoms with Gasteiger partial charge in [0.05, 0.1) is 23.3 Å². The van der Waals surface area contributed by atoms with Gasteiger partial charge in [-0.3, -0.25) is 9.78 Å². The lowest BCUT2D eigenvalue weighted by molar-refractivity contribution is -0.673. The van der Waals surface area contributed by atoms with Crippen LogP contribution in [0.5, 0.6) is 0 Å². The van der Waals surface area contributed by atoms with Crippen LogP contribution in [0.2, 0.25) is 0 Å². The van der Waals surface area contributed by atoms with E-state index in [9.17, 15) is 9.18 Å². The summed E-state index contributed by atoms with van der Waals surface area (Å²) in [5, 5.41) is 6.07. The molecule has 1 aromatic heterocycles. The number of rotatable bonds is 2. The maximum atomic E-state index is 13.9. The lowest BCUT2D eigenvalue weighted by Crippen LogP contribution is -2.84. The Hall–Kier alpha value is -2.31. The molecule has 25 heavy (non-hydrogen) atoms. The number of hydrogen-bond acceptors (Lipinski definition) is 2. The third-order valence-electron chi connectivity index (χ3n) is 4.37. The Balaban J connectivity index is 1.64. The number of nitrogens with two attached hydrogens (primary N) is 1. The minimum atomic E-state index is -0.559. The van der Waals surface area contributed by atoms with Crippen molar-refractivity contribution >= 4 is 38.4 Å². The second-order valence-corrected chi connectivity index (χ2v) is 7.03. The second-order valence-electron chi connectivity index (χ2n) is 6.11. The van der Waals surface area contributed by atoms with Crippen molar-refractivity contribution in [3.63, 3.8) is 0 Å². The predicted molar refractivity (Wildman–Crippen MR) is 98.0 cm³/mol. The Morgan fingerprint density at radius 1 is 1.20 bits per heavy atom. The molecule has 0 radical (unpaired) electrons. The van der Waals surface area contributed by atoms with E-state index in [0.29, 0.717) is 10.2 Å². The van der Waals surface area contributed by atoms with Crippen molar-refractivity contribution in [3.8, 4) is 0 Å². The van der Waals surface area contributed by atoms with Gasteiger partial charge in [0.25, 0.3) is 5.91 Å². The molecule has 0 spiro atoms. The molecular weight excluding hydrogens is 385 g/mol. The monoisotopic (exact) mass is 400 g/mol. The molecule has 1 aliphatic rings. The fraction of sp³-hybridized carbons (Fsp3) is 0.158. The zero-order chi connectivity index (χ0) is 17.4. The van der Waals surface area contributed by atoms with Gasteiger partial charge < -0.3 is 10.6 Å². The van der Waals surface area contributed by atoms with Crippen LogP contribution in [0.15, 0.2) is 46.9 Å². The third kappa shape index (κ3) is 3.27. The molecule has 0 bridgehead atoms. The Morgan fingerprint density at radius 3 is 2.92 bits per heavy atom. The van der Waals surface area contributed by atoms with Crippen LogP contribution < -0.4 is 10.6 Å². The summed E-state index contributed by atoms with van der Waals surface area (Å²) in [6, 6.07) is 12.1. The second kappa shape index (κ2) is 6.54. The van der Waals surface area contributed by atoms with Crippen molar-refractivity contribution in [2.24, 2.45) is 0 Å². The molecule has 4 rings (SSSR count). The molecule has 0 saturated carbocycles. The Kier molecular flexibility index (Phi) is 4.23. The molecule has 0 unspecified atom stereocenters. The lowest BCUT2D eigenvalue weighted by Gasteiger charge is -2.15. The van der Waals surface area contributed by atoms with Gasteiger partial charge in [-0.2, -0.15) is 0 Å². The number of anilines is 1. The van der Waals surface area contributed by atoms with Crippen LogP contribution in [-0.2, 0) is 13.0 Å². The number of pyridine rings is 1. The first-order chi connectivity index (χ1) is 12.1. The Bertz CT molecular complexity index is 990. The Morgan fingerprint density at radius 2 is 2.08 bits per heavy atom. The van der Waals surface area contributed by atoms with Gasteiger partial charge in [-0.25, -0.2) is 4.39 Å². The summed E-state index contributed by atoms with van der Waals surface area (Å²) in [7, 11) is 0. The van der Waals surface area contributed by atoms with Gasteiger partial charge in [0, 0.05) is 27.5 Å². The highest BCUT2D eigenvalue weighted by Crippen LogP contribution is 2.23. The molecule has 3 aromatic rings. The number of aromatic nitrogens is 1. The largest absolute Gasteiger partial charge is 0.342 e. The number of halogens is 2. The first-order valence-corrected chi connectivity index (χ1v) is 8.90. The van der Waals surface area contributed by atoms with Crippen LogP contribution in [-0.4, -0.2) is 17.4 Å². The quantitative estimate of drug-likeness (QED) is 0.694. The number of nitrogens with zero attached hydrogens (tertiary/aromatic N) is 1. The zero-order valence-corrected chi connectivity index (χ0v) is 14.9. The molecule has 3 N–H and O–H groups in total. The zero-order valence-electron chi connectivity index (χ0n) is 13.4. The molecule has 0 aliphatic carbocycles. The maximum absolute atomic E-state index is 13.9. The van der Waals surface area contributed by atoms with Gasteiger partial charge >= 0.3 is 0 Å². The first kappa shape index (κ1) is 16.2. The van der Waals surface area contributed by atoms with E-state index in [-0.39, 0.29) is 5.56 Å². The van der Waals surface area contributed by atoms with Gasteiger partial charge in [0.2, 0.25) is 0 Å². The minimum Gasteiger partial charge on any atom is -0.342 e. The topological polar surface area (TPSA) is 58.6 Å². The van der Waals surface area contributed by atoms with Crippen LogP contribution in [0.1, 0.15) is 21.6 Å². The first-order valence-electron chi connectivity index (χ1n) is 8.11. The molecule has 0 saturated heterocycles. The van der Waals surface area contributed by atoms with Crippen LogP contribution in [0.25, 0.3) is 10.9 Å². The average Bonchev–Trinajstić information content (AvgIpc) is 2.59. The number of carbonyl (C=O) groups excluding carboxylic acids is 1.